The van der Waals surface area contributed by atoms with Crippen molar-refractivity contribution in [1.29, 1.82) is 0 Å². The number of rotatable bonds is 2. The first-order valence-electron chi connectivity index (χ1n) is 6.44. The number of carbonyl (C=O) groups is 1. The average Bonchev–Trinajstić information content (AvgIpc) is 3.09. The summed E-state index contributed by atoms with van der Waals surface area (Å²) >= 11 is 1.43. The number of hydrogen-bond acceptors (Lipinski definition) is 4. The first kappa shape index (κ1) is 12.3. The van der Waals surface area contributed by atoms with Crippen molar-refractivity contribution in [3.05, 3.63) is 34.0 Å². The highest BCUT2D eigenvalue weighted by atomic mass is 32.1. The van der Waals surface area contributed by atoms with Gasteiger partial charge in [-0.1, -0.05) is 0 Å². The van der Waals surface area contributed by atoms with Crippen LogP contribution >= 0.6 is 11.3 Å². The highest BCUT2D eigenvalue weighted by Crippen LogP contribution is 2.27. The summed E-state index contributed by atoms with van der Waals surface area (Å²) in [5.74, 6) is 0.484. The number of thiazole rings is 1. The highest BCUT2D eigenvalue weighted by Gasteiger charge is 2.27. The first-order valence-corrected chi connectivity index (χ1v) is 7.32. The lowest BCUT2D eigenvalue weighted by Crippen LogP contribution is -2.39. The Morgan fingerprint density at radius 3 is 3.16 bits per heavy atom. The van der Waals surface area contributed by atoms with Gasteiger partial charge in [-0.05, 0) is 25.8 Å². The van der Waals surface area contributed by atoms with E-state index in [0.717, 1.165) is 42.2 Å². The molecule has 2 aromatic rings. The number of aromatic amines is 1. The molecular formula is C13H16N4OS. The molecule has 0 unspecified atom stereocenters. The third kappa shape index (κ3) is 2.40. The monoisotopic (exact) mass is 276 g/mol. The van der Waals surface area contributed by atoms with Gasteiger partial charge in [-0.3, -0.25) is 9.89 Å². The van der Waals surface area contributed by atoms with E-state index in [0.29, 0.717) is 5.92 Å². The lowest BCUT2D eigenvalue weighted by atomic mass is 9.95. The van der Waals surface area contributed by atoms with Gasteiger partial charge in [0.25, 0.3) is 5.91 Å². The fraction of sp³-hybridized carbons (Fsp3) is 0.462. The van der Waals surface area contributed by atoms with Crippen molar-refractivity contribution in [2.75, 3.05) is 13.1 Å². The third-order valence-corrected chi connectivity index (χ3v) is 4.53. The highest BCUT2D eigenvalue weighted by molar-refractivity contribution is 7.11. The van der Waals surface area contributed by atoms with E-state index in [4.69, 9.17) is 0 Å². The maximum atomic E-state index is 12.5. The fourth-order valence-corrected chi connectivity index (χ4v) is 3.33. The molecule has 0 saturated carbocycles. The van der Waals surface area contributed by atoms with E-state index in [1.165, 1.54) is 11.3 Å². The molecule has 2 aromatic heterocycles. The van der Waals surface area contributed by atoms with Gasteiger partial charge in [0.2, 0.25) is 0 Å². The number of nitrogens with zero attached hydrogens (tertiary/aromatic N) is 3. The molecule has 1 atom stereocenters. The van der Waals surface area contributed by atoms with Crippen molar-refractivity contribution < 1.29 is 4.79 Å². The van der Waals surface area contributed by atoms with Crippen LogP contribution in [-0.2, 0) is 0 Å². The molecule has 0 bridgehead atoms. The molecule has 19 heavy (non-hydrogen) atoms. The fourth-order valence-electron chi connectivity index (χ4n) is 2.56. The summed E-state index contributed by atoms with van der Waals surface area (Å²) in [6.45, 7) is 3.49. The molecule has 100 valence electrons. The smallest absolute Gasteiger partial charge is 0.265 e. The molecule has 0 radical (unpaired) electrons. The van der Waals surface area contributed by atoms with Gasteiger partial charge in [-0.15, -0.1) is 11.3 Å². The van der Waals surface area contributed by atoms with Crippen LogP contribution in [0.4, 0.5) is 0 Å². The Balaban J connectivity index is 1.75. The average molecular weight is 276 g/mol. The van der Waals surface area contributed by atoms with Crippen molar-refractivity contribution in [3.8, 4) is 0 Å². The SMILES string of the molecule is Cc1ncsc1C(=O)N1CCC[C@@H](c2ccn[nH]2)C1. The van der Waals surface area contributed by atoms with Gasteiger partial charge in [-0.2, -0.15) is 5.10 Å². The Kier molecular flexibility index (Phi) is 3.33. The van der Waals surface area contributed by atoms with Crippen LogP contribution in [-0.4, -0.2) is 39.1 Å². The molecule has 0 aromatic carbocycles. The summed E-state index contributed by atoms with van der Waals surface area (Å²) < 4.78 is 0. The number of likely N-dealkylation sites (tertiary alicyclic amines) is 1. The lowest BCUT2D eigenvalue weighted by Gasteiger charge is -2.32. The molecule has 6 heteroatoms. The molecular weight excluding hydrogens is 260 g/mol. The number of hydrogen-bond donors (Lipinski definition) is 1. The van der Waals surface area contributed by atoms with Gasteiger partial charge in [0.05, 0.1) is 11.2 Å². The van der Waals surface area contributed by atoms with Crippen LogP contribution in [0.3, 0.4) is 0 Å². The van der Waals surface area contributed by atoms with Crippen LogP contribution in [0, 0.1) is 6.92 Å². The number of amides is 1. The van der Waals surface area contributed by atoms with Gasteiger partial charge >= 0.3 is 0 Å². The summed E-state index contributed by atoms with van der Waals surface area (Å²) in [5, 5.41) is 7.01. The second kappa shape index (κ2) is 5.13. The summed E-state index contributed by atoms with van der Waals surface area (Å²) in [6.07, 6.45) is 3.91. The van der Waals surface area contributed by atoms with E-state index in [1.807, 2.05) is 17.9 Å². The van der Waals surface area contributed by atoms with Gasteiger partial charge in [0.15, 0.2) is 0 Å². The molecule has 3 heterocycles. The third-order valence-electron chi connectivity index (χ3n) is 3.61. The zero-order chi connectivity index (χ0) is 13.2. The Bertz CT molecular complexity index is 563. The van der Waals surface area contributed by atoms with E-state index < -0.39 is 0 Å². The van der Waals surface area contributed by atoms with E-state index in [1.54, 1.807) is 11.7 Å². The first-order chi connectivity index (χ1) is 9.25. The Morgan fingerprint density at radius 2 is 2.47 bits per heavy atom. The summed E-state index contributed by atoms with van der Waals surface area (Å²) in [4.78, 5) is 19.3. The van der Waals surface area contributed by atoms with Crippen LogP contribution < -0.4 is 0 Å². The van der Waals surface area contributed by atoms with Crippen LogP contribution in [0.5, 0.6) is 0 Å². The van der Waals surface area contributed by atoms with Crippen LogP contribution in [0.2, 0.25) is 0 Å². The normalized spacial score (nSPS) is 19.6. The summed E-state index contributed by atoms with van der Waals surface area (Å²) in [7, 11) is 0. The topological polar surface area (TPSA) is 61.9 Å². The molecule has 1 fully saturated rings. The zero-order valence-corrected chi connectivity index (χ0v) is 11.6. The lowest BCUT2D eigenvalue weighted by molar-refractivity contribution is 0.0710. The van der Waals surface area contributed by atoms with E-state index in [-0.39, 0.29) is 5.91 Å². The summed E-state index contributed by atoms with van der Waals surface area (Å²) in [6, 6.07) is 2.00. The largest absolute Gasteiger partial charge is 0.337 e. The van der Waals surface area contributed by atoms with Crippen molar-refractivity contribution in [3.63, 3.8) is 0 Å². The molecule has 1 amide bonds. The van der Waals surface area contributed by atoms with Crippen molar-refractivity contribution in [2.24, 2.45) is 0 Å². The maximum absolute atomic E-state index is 12.5. The molecule has 0 spiro atoms. The van der Waals surface area contributed by atoms with Crippen LogP contribution in [0.25, 0.3) is 0 Å². The number of piperidine rings is 1. The molecule has 3 rings (SSSR count). The minimum Gasteiger partial charge on any atom is -0.337 e. The zero-order valence-electron chi connectivity index (χ0n) is 10.8. The van der Waals surface area contributed by atoms with Crippen molar-refractivity contribution in [1.82, 2.24) is 20.1 Å². The molecule has 5 nitrogen and oxygen atoms in total. The second-order valence-electron chi connectivity index (χ2n) is 4.87. The van der Waals surface area contributed by atoms with Crippen LogP contribution in [0.15, 0.2) is 17.8 Å². The molecule has 1 N–H and O–H groups in total. The van der Waals surface area contributed by atoms with Gasteiger partial charge in [0, 0.05) is 30.9 Å². The molecule has 1 saturated heterocycles. The summed E-state index contributed by atoms with van der Waals surface area (Å²) in [5.41, 5.74) is 3.69. The van der Waals surface area contributed by atoms with Crippen LogP contribution in [0.1, 0.15) is 39.8 Å². The quantitative estimate of drug-likeness (QED) is 0.914. The molecule has 1 aliphatic heterocycles. The van der Waals surface area contributed by atoms with Crippen molar-refractivity contribution >= 4 is 17.2 Å². The number of nitrogens with one attached hydrogen (secondary N) is 1. The Labute approximate surface area is 115 Å². The number of H-pyrrole nitrogens is 1. The minimum absolute atomic E-state index is 0.115. The van der Waals surface area contributed by atoms with Gasteiger partial charge < -0.3 is 4.90 Å². The standard InChI is InChI=1S/C13H16N4OS/c1-9-12(19-8-14-9)13(18)17-6-2-3-10(7-17)11-4-5-15-16-11/h4-5,8,10H,2-3,6-7H2,1H3,(H,15,16)/t10-/m1/s1. The molecule has 1 aliphatic rings. The second-order valence-corrected chi connectivity index (χ2v) is 5.72. The number of aryl methyl sites for hydroxylation is 1. The maximum Gasteiger partial charge on any atom is 0.265 e. The minimum atomic E-state index is 0.115. The van der Waals surface area contributed by atoms with Crippen molar-refractivity contribution in [2.45, 2.75) is 25.7 Å². The number of carbonyl (C=O) groups excluding carboxylic acids is 1. The van der Waals surface area contributed by atoms with E-state index >= 15 is 0 Å². The van der Waals surface area contributed by atoms with Gasteiger partial charge in [0.1, 0.15) is 4.88 Å². The van der Waals surface area contributed by atoms with Gasteiger partial charge in [-0.25, -0.2) is 4.98 Å². The van der Waals surface area contributed by atoms with E-state index in [9.17, 15) is 4.79 Å². The Hall–Kier alpha value is -1.69. The predicted octanol–water partition coefficient (Wildman–Crippen LogP) is 2.19. The molecule has 0 aliphatic carbocycles. The predicted molar refractivity (Wildman–Crippen MR) is 73.3 cm³/mol. The van der Waals surface area contributed by atoms with E-state index in [2.05, 4.69) is 15.2 Å². The Morgan fingerprint density at radius 1 is 1.58 bits per heavy atom. The number of aromatic nitrogens is 3.